The predicted molar refractivity (Wildman–Crippen MR) is 108 cm³/mol. The number of thiazole rings is 1. The van der Waals surface area contributed by atoms with Crippen molar-refractivity contribution in [3.05, 3.63) is 39.8 Å². The van der Waals surface area contributed by atoms with Crippen molar-refractivity contribution < 1.29 is 9.21 Å². The number of benzene rings is 1. The third kappa shape index (κ3) is 3.56. The van der Waals surface area contributed by atoms with Crippen molar-refractivity contribution in [3.8, 4) is 0 Å². The Balaban J connectivity index is 1.49. The van der Waals surface area contributed by atoms with Crippen LogP contribution in [0.3, 0.4) is 0 Å². The van der Waals surface area contributed by atoms with Gasteiger partial charge in [0.15, 0.2) is 5.58 Å². The van der Waals surface area contributed by atoms with E-state index in [1.54, 1.807) is 0 Å². The van der Waals surface area contributed by atoms with Gasteiger partial charge in [-0.15, -0.1) is 11.3 Å². The van der Waals surface area contributed by atoms with E-state index < -0.39 is 0 Å². The maximum absolute atomic E-state index is 13.0. The Bertz CT molecular complexity index is 929. The summed E-state index contributed by atoms with van der Waals surface area (Å²) in [6.07, 6.45) is 0.888. The van der Waals surface area contributed by atoms with Gasteiger partial charge in [-0.3, -0.25) is 4.79 Å². The second-order valence-electron chi connectivity index (χ2n) is 7.22. The molecule has 0 unspecified atom stereocenters. The molecule has 1 aliphatic rings. The maximum Gasteiger partial charge on any atom is 0.298 e. The molecule has 2 aromatic heterocycles. The molecule has 3 heterocycles. The van der Waals surface area contributed by atoms with Crippen molar-refractivity contribution >= 4 is 34.4 Å². The van der Waals surface area contributed by atoms with E-state index in [0.29, 0.717) is 25.0 Å². The van der Waals surface area contributed by atoms with E-state index in [1.165, 1.54) is 11.3 Å². The standard InChI is InChI=1S/C20H24N4O2S/c1-13(2)18-21-14(3)17(27-18)19(25)23-9-6-10-24(12-11-23)20-22-15-7-4-5-8-16(15)26-20/h4-5,7-8,13H,6,9-12H2,1-3H3. The van der Waals surface area contributed by atoms with Crippen LogP contribution in [0.1, 0.15) is 46.6 Å². The highest BCUT2D eigenvalue weighted by molar-refractivity contribution is 7.13. The minimum absolute atomic E-state index is 0.0938. The molecule has 0 atom stereocenters. The first kappa shape index (κ1) is 18.0. The summed E-state index contributed by atoms with van der Waals surface area (Å²) in [6.45, 7) is 9.09. The van der Waals surface area contributed by atoms with Crippen LogP contribution in [0.2, 0.25) is 0 Å². The van der Waals surface area contributed by atoms with Gasteiger partial charge in [0.05, 0.1) is 10.7 Å². The number of carbonyl (C=O) groups is 1. The van der Waals surface area contributed by atoms with Crippen LogP contribution in [0.25, 0.3) is 11.1 Å². The number of rotatable bonds is 3. The number of hydrogen-bond acceptors (Lipinski definition) is 6. The zero-order valence-corrected chi connectivity index (χ0v) is 16.8. The molecule has 1 fully saturated rings. The Morgan fingerprint density at radius 3 is 2.70 bits per heavy atom. The maximum atomic E-state index is 13.0. The van der Waals surface area contributed by atoms with Crippen LogP contribution in [0.5, 0.6) is 0 Å². The Kier molecular flexibility index (Phi) is 4.86. The summed E-state index contributed by atoms with van der Waals surface area (Å²) >= 11 is 1.53. The third-order valence-electron chi connectivity index (χ3n) is 4.84. The number of hydrogen-bond donors (Lipinski definition) is 0. The molecular formula is C20H24N4O2S. The van der Waals surface area contributed by atoms with Crippen molar-refractivity contribution in [1.29, 1.82) is 0 Å². The lowest BCUT2D eigenvalue weighted by Crippen LogP contribution is -2.35. The van der Waals surface area contributed by atoms with Gasteiger partial charge in [0.2, 0.25) is 0 Å². The summed E-state index contributed by atoms with van der Waals surface area (Å²) in [7, 11) is 0. The lowest BCUT2D eigenvalue weighted by Gasteiger charge is -2.20. The first-order chi connectivity index (χ1) is 13.0. The van der Waals surface area contributed by atoms with Crippen molar-refractivity contribution in [2.75, 3.05) is 31.1 Å². The van der Waals surface area contributed by atoms with Gasteiger partial charge in [-0.1, -0.05) is 26.0 Å². The van der Waals surface area contributed by atoms with Crippen LogP contribution in [-0.2, 0) is 0 Å². The van der Waals surface area contributed by atoms with Gasteiger partial charge in [-0.05, 0) is 25.5 Å². The highest BCUT2D eigenvalue weighted by Gasteiger charge is 2.26. The highest BCUT2D eigenvalue weighted by atomic mass is 32.1. The van der Waals surface area contributed by atoms with Crippen LogP contribution in [-0.4, -0.2) is 47.0 Å². The fourth-order valence-corrected chi connectivity index (χ4v) is 4.35. The minimum Gasteiger partial charge on any atom is -0.423 e. The number of amides is 1. The molecule has 0 radical (unpaired) electrons. The van der Waals surface area contributed by atoms with Gasteiger partial charge in [0.1, 0.15) is 10.4 Å². The van der Waals surface area contributed by atoms with Crippen molar-refractivity contribution in [1.82, 2.24) is 14.9 Å². The molecule has 27 heavy (non-hydrogen) atoms. The Labute approximate surface area is 162 Å². The monoisotopic (exact) mass is 384 g/mol. The van der Waals surface area contributed by atoms with Gasteiger partial charge >= 0.3 is 0 Å². The van der Waals surface area contributed by atoms with Crippen molar-refractivity contribution in [3.63, 3.8) is 0 Å². The summed E-state index contributed by atoms with van der Waals surface area (Å²) in [5.41, 5.74) is 2.51. The first-order valence-corrected chi connectivity index (χ1v) is 10.2. The summed E-state index contributed by atoms with van der Waals surface area (Å²) in [6, 6.07) is 8.43. The number of aromatic nitrogens is 2. The summed E-state index contributed by atoms with van der Waals surface area (Å²) in [4.78, 5) is 27.0. The van der Waals surface area contributed by atoms with E-state index in [4.69, 9.17) is 4.42 Å². The molecule has 0 spiro atoms. The third-order valence-corrected chi connectivity index (χ3v) is 6.28. The normalized spacial score (nSPS) is 15.6. The molecular weight excluding hydrogens is 360 g/mol. The largest absolute Gasteiger partial charge is 0.423 e. The van der Waals surface area contributed by atoms with E-state index in [0.717, 1.165) is 46.2 Å². The van der Waals surface area contributed by atoms with Gasteiger partial charge in [0.25, 0.3) is 11.9 Å². The van der Waals surface area contributed by atoms with E-state index in [2.05, 4.69) is 28.7 Å². The predicted octanol–water partition coefficient (Wildman–Crippen LogP) is 4.07. The molecule has 0 aliphatic carbocycles. The molecule has 142 valence electrons. The number of para-hydroxylation sites is 2. The average Bonchev–Trinajstić information content (AvgIpc) is 3.17. The fraction of sp³-hybridized carbons (Fsp3) is 0.450. The molecule has 4 rings (SSSR count). The molecule has 3 aromatic rings. The molecule has 0 bridgehead atoms. The second kappa shape index (κ2) is 7.31. The Hall–Kier alpha value is -2.41. The Morgan fingerprint density at radius 1 is 1.15 bits per heavy atom. The van der Waals surface area contributed by atoms with Crippen molar-refractivity contribution in [2.45, 2.75) is 33.1 Å². The summed E-state index contributed by atoms with van der Waals surface area (Å²) in [5, 5.41) is 1.03. The molecule has 0 saturated carbocycles. The SMILES string of the molecule is Cc1nc(C(C)C)sc1C(=O)N1CCCN(c2nc3ccccc3o2)CC1. The number of nitrogens with zero attached hydrogens (tertiary/aromatic N) is 4. The van der Waals surface area contributed by atoms with Crippen molar-refractivity contribution in [2.24, 2.45) is 0 Å². The molecule has 7 heteroatoms. The van der Waals surface area contributed by atoms with Gasteiger partial charge < -0.3 is 14.2 Å². The van der Waals surface area contributed by atoms with Crippen LogP contribution >= 0.6 is 11.3 Å². The van der Waals surface area contributed by atoms with Crippen LogP contribution in [0.15, 0.2) is 28.7 Å². The van der Waals surface area contributed by atoms with Crippen LogP contribution in [0, 0.1) is 6.92 Å². The fourth-order valence-electron chi connectivity index (χ4n) is 3.31. The van der Waals surface area contributed by atoms with E-state index in [-0.39, 0.29) is 5.91 Å². The minimum atomic E-state index is 0.0938. The molecule has 1 aromatic carbocycles. The van der Waals surface area contributed by atoms with Gasteiger partial charge in [0, 0.05) is 32.1 Å². The van der Waals surface area contributed by atoms with Gasteiger partial charge in [-0.25, -0.2) is 4.98 Å². The number of fused-ring (bicyclic) bond motifs is 1. The van der Waals surface area contributed by atoms with Crippen LogP contribution < -0.4 is 4.90 Å². The Morgan fingerprint density at radius 2 is 1.96 bits per heavy atom. The lowest BCUT2D eigenvalue weighted by atomic mass is 10.2. The first-order valence-electron chi connectivity index (χ1n) is 9.40. The molecule has 6 nitrogen and oxygen atoms in total. The van der Waals surface area contributed by atoms with E-state index in [1.807, 2.05) is 36.1 Å². The zero-order valence-electron chi connectivity index (χ0n) is 15.9. The molecule has 0 N–H and O–H groups in total. The second-order valence-corrected chi connectivity index (χ2v) is 8.25. The van der Waals surface area contributed by atoms with E-state index >= 15 is 0 Å². The smallest absolute Gasteiger partial charge is 0.298 e. The highest BCUT2D eigenvalue weighted by Crippen LogP contribution is 2.27. The summed E-state index contributed by atoms with van der Waals surface area (Å²) < 4.78 is 5.90. The molecule has 1 aliphatic heterocycles. The topological polar surface area (TPSA) is 62.5 Å². The number of oxazole rings is 1. The summed E-state index contributed by atoms with van der Waals surface area (Å²) in [5.74, 6) is 0.436. The lowest BCUT2D eigenvalue weighted by molar-refractivity contribution is 0.0771. The number of anilines is 1. The van der Waals surface area contributed by atoms with Gasteiger partial charge in [-0.2, -0.15) is 4.98 Å². The number of carbonyl (C=O) groups excluding carboxylic acids is 1. The quantitative estimate of drug-likeness (QED) is 0.681. The van der Waals surface area contributed by atoms with Crippen LogP contribution in [0.4, 0.5) is 6.01 Å². The zero-order chi connectivity index (χ0) is 19.0. The number of aryl methyl sites for hydroxylation is 1. The molecule has 1 saturated heterocycles. The van der Waals surface area contributed by atoms with E-state index in [9.17, 15) is 4.79 Å². The molecule has 1 amide bonds. The average molecular weight is 385 g/mol.